The van der Waals surface area contributed by atoms with E-state index in [1.807, 2.05) is 0 Å². The number of hydrogen-bond donors (Lipinski definition) is 1. The number of carboxylic acid groups (broad SMARTS) is 1. The number of nitrogens with zero attached hydrogens (tertiary/aromatic N) is 1. The monoisotopic (exact) mass is 285 g/mol. The van der Waals surface area contributed by atoms with Gasteiger partial charge >= 0.3 is 5.97 Å². The Labute approximate surface area is 123 Å². The summed E-state index contributed by atoms with van der Waals surface area (Å²) in [7, 11) is 1.60. The fourth-order valence-corrected chi connectivity index (χ4v) is 3.62. The molecule has 1 unspecified atom stereocenters. The number of aromatic carboxylic acids is 1. The van der Waals surface area contributed by atoms with Gasteiger partial charge in [-0.2, -0.15) is 0 Å². The summed E-state index contributed by atoms with van der Waals surface area (Å²) in [5, 5.41) is 10.4. The smallest absolute Gasteiger partial charge is 0.336 e. The lowest BCUT2D eigenvalue weighted by molar-refractivity contribution is 0.0696. The molecule has 0 radical (unpaired) electrons. The lowest BCUT2D eigenvalue weighted by atomic mass is 9.83. The van der Waals surface area contributed by atoms with Crippen LogP contribution in [0.1, 0.15) is 54.7 Å². The Balaban J connectivity index is 2.44. The molecule has 1 aromatic heterocycles. The van der Waals surface area contributed by atoms with Crippen LogP contribution in [0.25, 0.3) is 10.9 Å². The van der Waals surface area contributed by atoms with E-state index >= 15 is 0 Å². The minimum Gasteiger partial charge on any atom is -0.497 e. The SMILES string of the molecule is COc1ccc2c(C(=O)O)c3c(nc2c1)C(C)CC3(C)C. The van der Waals surface area contributed by atoms with Crippen molar-refractivity contribution in [2.75, 3.05) is 7.11 Å². The minimum atomic E-state index is -0.883. The zero-order valence-electron chi connectivity index (χ0n) is 12.7. The van der Waals surface area contributed by atoms with Gasteiger partial charge in [-0.3, -0.25) is 4.98 Å². The Kier molecular flexibility index (Phi) is 2.94. The van der Waals surface area contributed by atoms with Crippen LogP contribution in [0.3, 0.4) is 0 Å². The lowest BCUT2D eigenvalue weighted by Crippen LogP contribution is -2.18. The van der Waals surface area contributed by atoms with Crippen LogP contribution in [0.15, 0.2) is 18.2 Å². The molecular formula is C17H19NO3. The first-order chi connectivity index (χ1) is 9.85. The summed E-state index contributed by atoms with van der Waals surface area (Å²) in [4.78, 5) is 16.6. The number of fused-ring (bicyclic) bond motifs is 2. The molecule has 0 aliphatic heterocycles. The standard InChI is InChI=1S/C17H19NO3/c1-9-8-17(2,3)14-13(16(19)20)11-6-5-10(21-4)7-12(11)18-15(9)14/h5-7,9H,8H2,1-4H3,(H,19,20). The van der Waals surface area contributed by atoms with Crippen LogP contribution in [0.2, 0.25) is 0 Å². The number of benzene rings is 1. The third-order valence-corrected chi connectivity index (χ3v) is 4.40. The highest BCUT2D eigenvalue weighted by Crippen LogP contribution is 2.48. The third-order valence-electron chi connectivity index (χ3n) is 4.40. The molecule has 0 spiro atoms. The van der Waals surface area contributed by atoms with Gasteiger partial charge in [0.25, 0.3) is 0 Å². The molecule has 3 rings (SSSR count). The Hall–Kier alpha value is -2.10. The second kappa shape index (κ2) is 4.45. The Morgan fingerprint density at radius 3 is 2.76 bits per heavy atom. The van der Waals surface area contributed by atoms with Gasteiger partial charge in [0.1, 0.15) is 5.75 Å². The van der Waals surface area contributed by atoms with Crippen molar-refractivity contribution in [3.63, 3.8) is 0 Å². The third kappa shape index (κ3) is 1.97. The van der Waals surface area contributed by atoms with E-state index in [0.717, 1.165) is 17.7 Å². The lowest BCUT2D eigenvalue weighted by Gasteiger charge is -2.21. The van der Waals surface area contributed by atoms with Crippen molar-refractivity contribution in [1.82, 2.24) is 4.98 Å². The molecule has 1 atom stereocenters. The molecule has 4 nitrogen and oxygen atoms in total. The summed E-state index contributed by atoms with van der Waals surface area (Å²) in [5.74, 6) is 0.0749. The van der Waals surface area contributed by atoms with Crippen LogP contribution in [0, 0.1) is 0 Å². The maximum Gasteiger partial charge on any atom is 0.336 e. The molecule has 0 bridgehead atoms. The second-order valence-electron chi connectivity index (χ2n) is 6.42. The van der Waals surface area contributed by atoms with Crippen molar-refractivity contribution in [3.8, 4) is 5.75 Å². The number of aromatic nitrogens is 1. The van der Waals surface area contributed by atoms with Crippen molar-refractivity contribution in [2.45, 2.75) is 38.5 Å². The van der Waals surface area contributed by atoms with Gasteiger partial charge in [-0.25, -0.2) is 4.79 Å². The number of ether oxygens (including phenoxy) is 1. The molecule has 1 aromatic carbocycles. The summed E-state index contributed by atoms with van der Waals surface area (Å²) in [6.45, 7) is 6.30. The maximum atomic E-state index is 11.9. The van der Waals surface area contributed by atoms with Gasteiger partial charge in [0.2, 0.25) is 0 Å². The first-order valence-electron chi connectivity index (χ1n) is 7.10. The number of hydrogen-bond acceptors (Lipinski definition) is 3. The van der Waals surface area contributed by atoms with Gasteiger partial charge in [-0.05, 0) is 35.4 Å². The molecular weight excluding hydrogens is 266 g/mol. The summed E-state index contributed by atoms with van der Waals surface area (Å²) >= 11 is 0. The van der Waals surface area contributed by atoms with Gasteiger partial charge in [0.15, 0.2) is 0 Å². The maximum absolute atomic E-state index is 11.9. The van der Waals surface area contributed by atoms with Gasteiger partial charge in [0.05, 0.1) is 18.2 Å². The Morgan fingerprint density at radius 1 is 1.43 bits per heavy atom. The van der Waals surface area contributed by atoms with Crippen LogP contribution in [-0.2, 0) is 5.41 Å². The summed E-state index contributed by atoms with van der Waals surface area (Å²) < 4.78 is 5.22. The quantitative estimate of drug-likeness (QED) is 0.913. The van der Waals surface area contributed by atoms with E-state index in [9.17, 15) is 9.90 Å². The zero-order valence-corrected chi connectivity index (χ0v) is 12.7. The highest BCUT2D eigenvalue weighted by Gasteiger charge is 2.40. The van der Waals surface area contributed by atoms with E-state index in [1.54, 1.807) is 25.3 Å². The van der Waals surface area contributed by atoms with E-state index in [2.05, 4.69) is 20.8 Å². The van der Waals surface area contributed by atoms with Crippen molar-refractivity contribution in [1.29, 1.82) is 0 Å². The normalized spacial score (nSPS) is 19.5. The van der Waals surface area contributed by atoms with Crippen molar-refractivity contribution in [2.24, 2.45) is 0 Å². The molecule has 0 amide bonds. The minimum absolute atomic E-state index is 0.163. The van der Waals surface area contributed by atoms with Crippen molar-refractivity contribution >= 4 is 16.9 Å². The molecule has 4 heteroatoms. The molecule has 0 saturated heterocycles. The van der Waals surface area contributed by atoms with E-state index in [-0.39, 0.29) is 11.3 Å². The Morgan fingerprint density at radius 2 is 2.14 bits per heavy atom. The average Bonchev–Trinajstić information content (AvgIpc) is 2.65. The van der Waals surface area contributed by atoms with Gasteiger partial charge in [-0.15, -0.1) is 0 Å². The van der Waals surface area contributed by atoms with Crippen LogP contribution >= 0.6 is 0 Å². The second-order valence-corrected chi connectivity index (χ2v) is 6.42. The van der Waals surface area contributed by atoms with E-state index in [4.69, 9.17) is 9.72 Å². The summed E-state index contributed by atoms with van der Waals surface area (Å²) in [6.07, 6.45) is 0.920. The summed E-state index contributed by atoms with van der Waals surface area (Å²) in [5.41, 5.74) is 2.73. The number of pyridine rings is 1. The molecule has 1 heterocycles. The largest absolute Gasteiger partial charge is 0.497 e. The fourth-order valence-electron chi connectivity index (χ4n) is 3.62. The first kappa shape index (κ1) is 13.9. The van der Waals surface area contributed by atoms with E-state index in [0.29, 0.717) is 22.2 Å². The molecule has 1 N–H and O–H groups in total. The Bertz CT molecular complexity index is 749. The number of carboxylic acids is 1. The highest BCUT2D eigenvalue weighted by atomic mass is 16.5. The van der Waals surface area contributed by atoms with Crippen LogP contribution < -0.4 is 4.74 Å². The molecule has 1 aliphatic carbocycles. The molecule has 0 fully saturated rings. The predicted molar refractivity (Wildman–Crippen MR) is 81.3 cm³/mol. The molecule has 2 aromatic rings. The highest BCUT2D eigenvalue weighted by molar-refractivity contribution is 6.05. The van der Waals surface area contributed by atoms with E-state index < -0.39 is 5.97 Å². The first-order valence-corrected chi connectivity index (χ1v) is 7.10. The number of carbonyl (C=O) groups is 1. The van der Waals surface area contributed by atoms with Crippen LogP contribution in [0.4, 0.5) is 0 Å². The van der Waals surface area contributed by atoms with Gasteiger partial charge < -0.3 is 9.84 Å². The number of methoxy groups -OCH3 is 1. The van der Waals surface area contributed by atoms with Crippen LogP contribution in [-0.4, -0.2) is 23.2 Å². The molecule has 21 heavy (non-hydrogen) atoms. The van der Waals surface area contributed by atoms with E-state index in [1.165, 1.54) is 0 Å². The van der Waals surface area contributed by atoms with Crippen molar-refractivity contribution < 1.29 is 14.6 Å². The zero-order chi connectivity index (χ0) is 15.4. The number of rotatable bonds is 2. The fraction of sp³-hybridized carbons (Fsp3) is 0.412. The topological polar surface area (TPSA) is 59.4 Å². The van der Waals surface area contributed by atoms with Gasteiger partial charge in [0, 0.05) is 17.1 Å². The molecule has 110 valence electrons. The molecule has 1 aliphatic rings. The average molecular weight is 285 g/mol. The summed E-state index contributed by atoms with van der Waals surface area (Å²) in [6, 6.07) is 5.39. The molecule has 0 saturated carbocycles. The predicted octanol–water partition coefficient (Wildman–Crippen LogP) is 3.73. The van der Waals surface area contributed by atoms with Crippen LogP contribution in [0.5, 0.6) is 5.75 Å². The van der Waals surface area contributed by atoms with Crippen molar-refractivity contribution in [3.05, 3.63) is 35.0 Å². The van der Waals surface area contributed by atoms with Gasteiger partial charge in [-0.1, -0.05) is 20.8 Å².